The number of ether oxygens (including phenoxy) is 2. The second kappa shape index (κ2) is 6.51. The molecule has 7 heteroatoms. The van der Waals surface area contributed by atoms with E-state index in [0.29, 0.717) is 0 Å². The quantitative estimate of drug-likeness (QED) is 0.775. The minimum atomic E-state index is -3.61. The van der Waals surface area contributed by atoms with Gasteiger partial charge in [-0.15, -0.1) is 0 Å². The van der Waals surface area contributed by atoms with Crippen molar-refractivity contribution in [3.05, 3.63) is 0 Å². The smallest absolute Gasteiger partial charge is 0.407 e. The number of hydrogen-bond acceptors (Lipinski definition) is 4. The summed E-state index contributed by atoms with van der Waals surface area (Å²) in [5.41, 5.74) is -0.701. The van der Waals surface area contributed by atoms with E-state index < -0.39 is 30.0 Å². The van der Waals surface area contributed by atoms with Gasteiger partial charge in [0.25, 0.3) is 0 Å². The van der Waals surface area contributed by atoms with Gasteiger partial charge in [-0.2, -0.15) is 8.78 Å². The molecule has 106 valence electrons. The Labute approximate surface area is 105 Å². The summed E-state index contributed by atoms with van der Waals surface area (Å²) in [6.45, 7) is 5.90. The van der Waals surface area contributed by atoms with Crippen molar-refractivity contribution in [1.29, 1.82) is 0 Å². The number of carbonyl (C=O) groups is 2. The van der Waals surface area contributed by atoms with Crippen LogP contribution in [0.3, 0.4) is 0 Å². The van der Waals surface area contributed by atoms with Crippen LogP contribution in [0.1, 0.15) is 34.1 Å². The zero-order valence-corrected chi connectivity index (χ0v) is 11.0. The average Bonchev–Trinajstić information content (AvgIpc) is 2.14. The molecule has 18 heavy (non-hydrogen) atoms. The Kier molecular flexibility index (Phi) is 6.00. The molecule has 1 N–H and O–H groups in total. The van der Waals surface area contributed by atoms with Crippen LogP contribution < -0.4 is 5.32 Å². The Morgan fingerprint density at radius 1 is 1.22 bits per heavy atom. The Bertz CT molecular complexity index is 300. The number of nitrogens with one attached hydrogen (secondary N) is 1. The number of rotatable bonds is 5. The molecule has 0 atom stereocenters. The van der Waals surface area contributed by atoms with Gasteiger partial charge in [0.05, 0.1) is 6.61 Å². The molecule has 1 amide bonds. The van der Waals surface area contributed by atoms with Crippen molar-refractivity contribution < 1.29 is 27.8 Å². The lowest BCUT2D eigenvalue weighted by molar-refractivity contribution is -0.172. The molecule has 0 aliphatic rings. The summed E-state index contributed by atoms with van der Waals surface area (Å²) in [4.78, 5) is 22.0. The maximum Gasteiger partial charge on any atom is 0.407 e. The van der Waals surface area contributed by atoms with Gasteiger partial charge in [-0.1, -0.05) is 0 Å². The van der Waals surface area contributed by atoms with Crippen LogP contribution in [0, 0.1) is 0 Å². The monoisotopic (exact) mass is 267 g/mol. The van der Waals surface area contributed by atoms with E-state index in [9.17, 15) is 18.4 Å². The zero-order valence-electron chi connectivity index (χ0n) is 11.0. The van der Waals surface area contributed by atoms with Gasteiger partial charge in [-0.3, -0.25) is 0 Å². The molecule has 0 aromatic rings. The van der Waals surface area contributed by atoms with Gasteiger partial charge in [-0.25, -0.2) is 9.59 Å². The van der Waals surface area contributed by atoms with Crippen LogP contribution in [0.25, 0.3) is 0 Å². The average molecular weight is 267 g/mol. The summed E-state index contributed by atoms with van der Waals surface area (Å²) in [6, 6.07) is 0. The summed E-state index contributed by atoms with van der Waals surface area (Å²) >= 11 is 0. The first kappa shape index (κ1) is 16.6. The molecule has 0 bridgehead atoms. The predicted octanol–water partition coefficient (Wildman–Crippen LogP) is 2.10. The van der Waals surface area contributed by atoms with Gasteiger partial charge < -0.3 is 14.8 Å². The largest absolute Gasteiger partial charge is 0.462 e. The maximum atomic E-state index is 13.1. The number of alkyl halides is 2. The topological polar surface area (TPSA) is 64.6 Å². The van der Waals surface area contributed by atoms with Crippen LogP contribution in [0.5, 0.6) is 0 Å². The lowest BCUT2D eigenvalue weighted by Crippen LogP contribution is -2.38. The Balaban J connectivity index is 4.03. The number of alkyl carbamates (subject to hydrolysis) is 1. The fraction of sp³-hybridized carbons (Fsp3) is 0.818. The van der Waals surface area contributed by atoms with Crippen molar-refractivity contribution in [2.24, 2.45) is 0 Å². The number of esters is 1. The van der Waals surface area contributed by atoms with Crippen molar-refractivity contribution in [1.82, 2.24) is 5.32 Å². The van der Waals surface area contributed by atoms with Crippen molar-refractivity contribution >= 4 is 12.1 Å². The Morgan fingerprint density at radius 3 is 2.22 bits per heavy atom. The van der Waals surface area contributed by atoms with E-state index in [1.54, 1.807) is 20.8 Å². The second-order valence-electron chi connectivity index (χ2n) is 4.60. The molecule has 0 rings (SSSR count). The molecule has 5 nitrogen and oxygen atoms in total. The zero-order chi connectivity index (χ0) is 14.4. The highest BCUT2D eigenvalue weighted by Gasteiger charge is 2.40. The summed E-state index contributed by atoms with van der Waals surface area (Å²) in [6.07, 6.45) is -1.63. The Hall–Kier alpha value is -1.40. The highest BCUT2D eigenvalue weighted by molar-refractivity contribution is 5.77. The van der Waals surface area contributed by atoms with Crippen LogP contribution in [-0.2, 0) is 14.3 Å². The van der Waals surface area contributed by atoms with E-state index in [-0.39, 0.29) is 13.2 Å². The third kappa shape index (κ3) is 7.03. The van der Waals surface area contributed by atoms with Gasteiger partial charge in [-0.05, 0) is 27.7 Å². The van der Waals surface area contributed by atoms with Crippen LogP contribution in [0.15, 0.2) is 0 Å². The summed E-state index contributed by atoms with van der Waals surface area (Å²) in [7, 11) is 0. The van der Waals surface area contributed by atoms with E-state index in [4.69, 9.17) is 4.74 Å². The van der Waals surface area contributed by atoms with Crippen LogP contribution >= 0.6 is 0 Å². The van der Waals surface area contributed by atoms with E-state index in [1.807, 2.05) is 0 Å². The third-order valence-corrected chi connectivity index (χ3v) is 1.68. The van der Waals surface area contributed by atoms with Crippen molar-refractivity contribution in [2.45, 2.75) is 45.6 Å². The minimum Gasteiger partial charge on any atom is -0.462 e. The first-order chi connectivity index (χ1) is 8.08. The van der Waals surface area contributed by atoms with Gasteiger partial charge >= 0.3 is 18.0 Å². The molecule has 0 aliphatic heterocycles. The highest BCUT2D eigenvalue weighted by Crippen LogP contribution is 2.19. The van der Waals surface area contributed by atoms with E-state index in [1.165, 1.54) is 6.92 Å². The van der Waals surface area contributed by atoms with Gasteiger partial charge in [0, 0.05) is 13.0 Å². The number of carbonyl (C=O) groups excluding carboxylic acids is 2. The summed E-state index contributed by atoms with van der Waals surface area (Å²) < 4.78 is 35.3. The van der Waals surface area contributed by atoms with E-state index in [2.05, 4.69) is 10.1 Å². The fourth-order valence-electron chi connectivity index (χ4n) is 0.974. The second-order valence-corrected chi connectivity index (χ2v) is 4.60. The Morgan fingerprint density at radius 2 is 1.78 bits per heavy atom. The van der Waals surface area contributed by atoms with Crippen LogP contribution in [-0.4, -0.2) is 36.7 Å². The van der Waals surface area contributed by atoms with Gasteiger partial charge in [0.1, 0.15) is 5.60 Å². The minimum absolute atomic E-state index is 0.117. The summed E-state index contributed by atoms with van der Waals surface area (Å²) in [5, 5.41) is 2.14. The molecular weight excluding hydrogens is 248 g/mol. The standard InChI is InChI=1S/C11H19F2NO4/c1-5-17-8(15)11(12,13)6-7-14-9(16)18-10(2,3)4/h5-7H2,1-4H3,(H,14,16). The lowest BCUT2D eigenvalue weighted by Gasteiger charge is -2.20. The highest BCUT2D eigenvalue weighted by atomic mass is 19.3. The fourth-order valence-corrected chi connectivity index (χ4v) is 0.974. The lowest BCUT2D eigenvalue weighted by atomic mass is 10.2. The van der Waals surface area contributed by atoms with Crippen molar-refractivity contribution in [2.75, 3.05) is 13.2 Å². The molecule has 0 saturated carbocycles. The van der Waals surface area contributed by atoms with Crippen LogP contribution in [0.2, 0.25) is 0 Å². The molecule has 0 saturated heterocycles. The molecule has 0 heterocycles. The predicted molar refractivity (Wildman–Crippen MR) is 60.4 cm³/mol. The van der Waals surface area contributed by atoms with E-state index in [0.717, 1.165) is 0 Å². The molecule has 0 radical (unpaired) electrons. The maximum absolute atomic E-state index is 13.1. The molecule has 0 aromatic carbocycles. The number of amides is 1. The van der Waals surface area contributed by atoms with Gasteiger partial charge in [0.2, 0.25) is 0 Å². The normalized spacial score (nSPS) is 11.9. The van der Waals surface area contributed by atoms with E-state index >= 15 is 0 Å². The van der Waals surface area contributed by atoms with Gasteiger partial charge in [0.15, 0.2) is 0 Å². The first-order valence-corrected chi connectivity index (χ1v) is 5.60. The van der Waals surface area contributed by atoms with Crippen molar-refractivity contribution in [3.63, 3.8) is 0 Å². The molecule has 0 aliphatic carbocycles. The summed E-state index contributed by atoms with van der Waals surface area (Å²) in [5.74, 6) is -5.19. The van der Waals surface area contributed by atoms with Crippen molar-refractivity contribution in [3.8, 4) is 0 Å². The number of hydrogen-bond donors (Lipinski definition) is 1. The molecular formula is C11H19F2NO4. The molecule has 0 unspecified atom stereocenters. The first-order valence-electron chi connectivity index (χ1n) is 5.60. The molecule has 0 spiro atoms. The van der Waals surface area contributed by atoms with Crippen LogP contribution in [0.4, 0.5) is 13.6 Å². The SMILES string of the molecule is CCOC(=O)C(F)(F)CCNC(=O)OC(C)(C)C. The third-order valence-electron chi connectivity index (χ3n) is 1.68. The molecule has 0 aromatic heterocycles. The number of halogens is 2. The molecule has 0 fully saturated rings.